The number of benzene rings is 2. The number of nitrogens with one attached hydrogen (secondary N) is 1. The number of anilines is 3. The maximum absolute atomic E-state index is 14.7. The first-order valence-electron chi connectivity index (χ1n) is 9.58. The van der Waals surface area contributed by atoms with Crippen LogP contribution in [-0.4, -0.2) is 33.8 Å². The Labute approximate surface area is 176 Å². The molecule has 9 heteroatoms. The summed E-state index contributed by atoms with van der Waals surface area (Å²) in [4.78, 5) is 6.27. The zero-order valence-electron chi connectivity index (χ0n) is 16.2. The highest BCUT2D eigenvalue weighted by Crippen LogP contribution is 2.57. The van der Waals surface area contributed by atoms with Gasteiger partial charge in [-0.15, -0.1) is 5.10 Å². The lowest BCUT2D eigenvalue weighted by Gasteiger charge is -2.59. The number of rotatable bonds is 4. The normalized spacial score (nSPS) is 18.8. The Balaban J connectivity index is 1.31. The van der Waals surface area contributed by atoms with Crippen LogP contribution in [-0.2, 0) is 7.05 Å². The van der Waals surface area contributed by atoms with Crippen LogP contribution in [0.15, 0.2) is 42.5 Å². The van der Waals surface area contributed by atoms with Gasteiger partial charge in [0.25, 0.3) is 0 Å². The Morgan fingerprint density at radius 1 is 1.07 bits per heavy atom. The van der Waals surface area contributed by atoms with E-state index in [2.05, 4.69) is 15.4 Å². The summed E-state index contributed by atoms with van der Waals surface area (Å²) in [7, 11) is 1.74. The molecule has 1 saturated heterocycles. The average molecular weight is 434 g/mol. The molecular weight excluding hydrogens is 415 g/mol. The minimum atomic E-state index is -2.56. The molecule has 1 aliphatic heterocycles. The monoisotopic (exact) mass is 433 g/mol. The molecule has 2 aromatic carbocycles. The highest BCUT2D eigenvalue weighted by atomic mass is 35.5. The number of halogens is 4. The topological polar surface area (TPSA) is 46.0 Å². The van der Waals surface area contributed by atoms with Crippen LogP contribution in [0.25, 0.3) is 11.4 Å². The van der Waals surface area contributed by atoms with Crippen molar-refractivity contribution in [3.8, 4) is 11.4 Å². The van der Waals surface area contributed by atoms with Crippen LogP contribution in [0.3, 0.4) is 0 Å². The second-order valence-electron chi connectivity index (χ2n) is 8.25. The van der Waals surface area contributed by atoms with Crippen molar-refractivity contribution >= 4 is 28.9 Å². The van der Waals surface area contributed by atoms with E-state index in [9.17, 15) is 13.2 Å². The zero-order valence-corrected chi connectivity index (χ0v) is 16.9. The van der Waals surface area contributed by atoms with Gasteiger partial charge in [0.15, 0.2) is 5.82 Å². The van der Waals surface area contributed by atoms with Crippen molar-refractivity contribution in [1.82, 2.24) is 14.8 Å². The molecule has 156 valence electrons. The molecule has 30 heavy (non-hydrogen) atoms. The van der Waals surface area contributed by atoms with E-state index in [-0.39, 0.29) is 18.3 Å². The third-order valence-corrected chi connectivity index (χ3v) is 5.98. The minimum Gasteiger partial charge on any atom is -0.368 e. The molecule has 0 amide bonds. The van der Waals surface area contributed by atoms with E-state index < -0.39 is 11.7 Å². The van der Waals surface area contributed by atoms with Gasteiger partial charge in [0.1, 0.15) is 5.82 Å². The predicted octanol–water partition coefficient (Wildman–Crippen LogP) is 5.25. The van der Waals surface area contributed by atoms with Crippen LogP contribution in [0.2, 0.25) is 5.02 Å². The summed E-state index contributed by atoms with van der Waals surface area (Å²) in [6, 6.07) is 12.0. The van der Waals surface area contributed by atoms with Gasteiger partial charge in [-0.2, -0.15) is 4.98 Å². The predicted molar refractivity (Wildman–Crippen MR) is 110 cm³/mol. The molecule has 0 unspecified atom stereocenters. The summed E-state index contributed by atoms with van der Waals surface area (Å²) in [6.07, 6.45) is -0.199. The summed E-state index contributed by atoms with van der Waals surface area (Å²) in [6.45, 7) is 0.936. The van der Waals surface area contributed by atoms with E-state index in [4.69, 9.17) is 11.6 Å². The van der Waals surface area contributed by atoms with E-state index in [1.54, 1.807) is 36.0 Å². The van der Waals surface area contributed by atoms with Gasteiger partial charge in [-0.1, -0.05) is 11.6 Å². The smallest absolute Gasteiger partial charge is 0.249 e. The third kappa shape index (κ3) is 3.39. The number of alkyl halides is 2. The molecule has 2 aliphatic rings. The first-order chi connectivity index (χ1) is 14.2. The molecule has 0 radical (unpaired) electrons. The third-order valence-electron chi connectivity index (χ3n) is 5.73. The second-order valence-corrected chi connectivity index (χ2v) is 8.68. The first kappa shape index (κ1) is 19.2. The fraction of sp³-hybridized carbons (Fsp3) is 0.333. The number of aryl methyl sites for hydroxylation is 1. The summed E-state index contributed by atoms with van der Waals surface area (Å²) < 4.78 is 42.7. The largest absolute Gasteiger partial charge is 0.368 e. The highest BCUT2D eigenvalue weighted by molar-refractivity contribution is 6.30. The Morgan fingerprint density at radius 2 is 1.77 bits per heavy atom. The number of hydrogen-bond donors (Lipinski definition) is 1. The molecule has 1 aliphatic carbocycles. The quantitative estimate of drug-likeness (QED) is 0.610. The lowest BCUT2D eigenvalue weighted by Crippen LogP contribution is -2.66. The number of nitrogens with zero attached hydrogens (tertiary/aromatic N) is 4. The van der Waals surface area contributed by atoms with Gasteiger partial charge in [-0.05, 0) is 42.5 Å². The van der Waals surface area contributed by atoms with Crippen LogP contribution in [0, 0.1) is 11.2 Å². The molecule has 1 N–H and O–H groups in total. The summed E-state index contributed by atoms with van der Waals surface area (Å²) in [5.74, 6) is -2.07. The van der Waals surface area contributed by atoms with E-state index in [1.807, 2.05) is 17.0 Å². The van der Waals surface area contributed by atoms with Gasteiger partial charge in [-0.3, -0.25) is 0 Å². The van der Waals surface area contributed by atoms with Crippen molar-refractivity contribution in [2.24, 2.45) is 12.5 Å². The number of hydrogen-bond acceptors (Lipinski definition) is 4. The van der Waals surface area contributed by atoms with Crippen LogP contribution in [0.1, 0.15) is 12.8 Å². The van der Waals surface area contributed by atoms with Crippen molar-refractivity contribution in [1.29, 1.82) is 0 Å². The molecule has 5 nitrogen and oxygen atoms in total. The molecule has 1 aromatic heterocycles. The summed E-state index contributed by atoms with van der Waals surface area (Å²) >= 11 is 5.90. The van der Waals surface area contributed by atoms with E-state index >= 15 is 0 Å². The molecule has 0 atom stereocenters. The van der Waals surface area contributed by atoms with Gasteiger partial charge in [-0.25, -0.2) is 17.9 Å². The molecule has 2 heterocycles. The maximum Gasteiger partial charge on any atom is 0.249 e. The SMILES string of the molecule is Cn1nc(-c2ccc(N3CC4(C3)CC(F)(F)C4)c(F)c2)nc1Nc1ccc(Cl)cc1. The standard InChI is InChI=1S/C21H19ClF3N5/c1-29-19(26-15-5-3-14(22)4-6-15)27-18(28-29)13-2-7-17(16(23)8-13)30-11-20(12-30)9-21(24,25)10-20/h2-8H,9-12H2,1H3,(H,26,27,28). The summed E-state index contributed by atoms with van der Waals surface area (Å²) in [5, 5.41) is 8.14. The van der Waals surface area contributed by atoms with E-state index in [0.717, 1.165) is 5.69 Å². The Hall–Kier alpha value is -2.74. The van der Waals surface area contributed by atoms with Crippen LogP contribution in [0.4, 0.5) is 30.5 Å². The Kier molecular flexibility index (Phi) is 4.25. The van der Waals surface area contributed by atoms with Gasteiger partial charge in [0.05, 0.1) is 5.69 Å². The van der Waals surface area contributed by atoms with Crippen LogP contribution in [0.5, 0.6) is 0 Å². The number of aromatic nitrogens is 3. The average Bonchev–Trinajstić information content (AvgIpc) is 3.00. The maximum atomic E-state index is 14.7. The molecule has 2 fully saturated rings. The minimum absolute atomic E-state index is 0.0997. The lowest BCUT2D eigenvalue weighted by atomic mass is 9.61. The molecule has 0 bridgehead atoms. The van der Waals surface area contributed by atoms with Crippen LogP contribution >= 0.6 is 11.6 Å². The Morgan fingerprint density at radius 3 is 2.40 bits per heavy atom. The first-order valence-corrected chi connectivity index (χ1v) is 9.96. The lowest BCUT2D eigenvalue weighted by molar-refractivity contribution is -0.170. The van der Waals surface area contributed by atoms with Gasteiger partial charge in [0, 0.05) is 54.7 Å². The fourth-order valence-electron chi connectivity index (χ4n) is 4.38. The zero-order chi connectivity index (χ0) is 21.1. The van der Waals surface area contributed by atoms with Crippen molar-refractivity contribution in [3.63, 3.8) is 0 Å². The highest BCUT2D eigenvalue weighted by Gasteiger charge is 2.61. The van der Waals surface area contributed by atoms with Crippen LogP contribution < -0.4 is 10.2 Å². The van der Waals surface area contributed by atoms with Crippen molar-refractivity contribution < 1.29 is 13.2 Å². The molecule has 1 saturated carbocycles. The van der Waals surface area contributed by atoms with Crippen molar-refractivity contribution in [3.05, 3.63) is 53.3 Å². The second kappa shape index (κ2) is 6.63. The Bertz CT molecular complexity index is 1100. The van der Waals surface area contributed by atoms with Gasteiger partial charge < -0.3 is 10.2 Å². The fourth-order valence-corrected chi connectivity index (χ4v) is 4.51. The molecule has 3 aromatic rings. The van der Waals surface area contributed by atoms with Gasteiger partial charge in [0.2, 0.25) is 11.9 Å². The molecule has 1 spiro atoms. The molecule has 5 rings (SSSR count). The van der Waals surface area contributed by atoms with E-state index in [0.29, 0.717) is 41.1 Å². The van der Waals surface area contributed by atoms with Crippen molar-refractivity contribution in [2.45, 2.75) is 18.8 Å². The summed E-state index contributed by atoms with van der Waals surface area (Å²) in [5.41, 5.74) is 1.42. The molecular formula is C21H19ClF3N5. The van der Waals surface area contributed by atoms with Gasteiger partial charge >= 0.3 is 0 Å². The van der Waals surface area contributed by atoms with E-state index in [1.165, 1.54) is 6.07 Å². The van der Waals surface area contributed by atoms with Crippen molar-refractivity contribution in [2.75, 3.05) is 23.3 Å².